The molecule has 1 rings (SSSR count). The van der Waals surface area contributed by atoms with E-state index in [1.54, 1.807) is 0 Å². The number of carbonyl (C=O) groups excluding carboxylic acids is 4. The smallest absolute Gasteiger partial charge is 0.326 e. The van der Waals surface area contributed by atoms with Gasteiger partial charge in [0.15, 0.2) is 0 Å². The zero-order valence-corrected chi connectivity index (χ0v) is 19.2. The molecule has 1 aromatic rings. The Morgan fingerprint density at radius 1 is 0.971 bits per heavy atom. The molecule has 0 bridgehead atoms. The summed E-state index contributed by atoms with van der Waals surface area (Å²) in [5, 5.41) is 25.9. The lowest BCUT2D eigenvalue weighted by atomic mass is 10.1. The van der Waals surface area contributed by atoms with E-state index in [0.717, 1.165) is 0 Å². The van der Waals surface area contributed by atoms with Crippen LogP contribution in [0.5, 0.6) is 0 Å². The van der Waals surface area contributed by atoms with Crippen LogP contribution < -0.4 is 33.2 Å². The number of imidazole rings is 1. The summed E-state index contributed by atoms with van der Waals surface area (Å²) in [4.78, 5) is 67.0. The molecule has 15 heteroatoms. The number of carboxylic acid groups (broad SMARTS) is 1. The highest BCUT2D eigenvalue weighted by Crippen LogP contribution is 2.05. The fraction of sp³-hybridized carbons (Fsp3) is 0.600. The molecule has 0 saturated heterocycles. The van der Waals surface area contributed by atoms with Gasteiger partial charge in [-0.2, -0.15) is 0 Å². The summed E-state index contributed by atoms with van der Waals surface area (Å²) in [5.74, 6) is -4.56. The first kappa shape index (κ1) is 29.5. The second kappa shape index (κ2) is 15.4. The summed E-state index contributed by atoms with van der Waals surface area (Å²) in [7, 11) is 0. The number of nitrogens with one attached hydrogen (secondary N) is 4. The first-order valence-corrected chi connectivity index (χ1v) is 11.0. The van der Waals surface area contributed by atoms with E-state index >= 15 is 0 Å². The van der Waals surface area contributed by atoms with Crippen molar-refractivity contribution in [3.63, 3.8) is 0 Å². The number of rotatable bonds is 17. The molecule has 12 N–H and O–H groups in total. The number of aromatic nitrogens is 2. The molecule has 0 aliphatic carbocycles. The number of aliphatic hydroxyl groups excluding tert-OH is 1. The number of carbonyl (C=O) groups is 5. The Bertz CT molecular complexity index is 849. The average molecular weight is 499 g/mol. The molecule has 4 atom stereocenters. The number of nitrogens with two attached hydrogens (primary N) is 3. The highest BCUT2D eigenvalue weighted by atomic mass is 16.4. The van der Waals surface area contributed by atoms with Crippen molar-refractivity contribution in [2.75, 3.05) is 13.2 Å². The van der Waals surface area contributed by atoms with Gasteiger partial charge in [0, 0.05) is 24.7 Å². The van der Waals surface area contributed by atoms with Gasteiger partial charge in [0.1, 0.15) is 18.1 Å². The average Bonchev–Trinajstić information content (AvgIpc) is 3.31. The molecule has 196 valence electrons. The SMILES string of the molecule is NCCCCC(NC(=O)C(CCC(N)=O)NC(=O)C(CO)NC(=O)C(N)Cc1cnc[nH]1)C(=O)O. The van der Waals surface area contributed by atoms with Crippen LogP contribution in [0.1, 0.15) is 37.8 Å². The van der Waals surface area contributed by atoms with Gasteiger partial charge in [0.05, 0.1) is 19.0 Å². The first-order valence-electron chi connectivity index (χ1n) is 11.0. The Morgan fingerprint density at radius 3 is 2.14 bits per heavy atom. The molecule has 0 radical (unpaired) electrons. The van der Waals surface area contributed by atoms with Crippen molar-refractivity contribution in [1.29, 1.82) is 0 Å². The number of nitrogens with zero attached hydrogens (tertiary/aromatic N) is 1. The van der Waals surface area contributed by atoms with Gasteiger partial charge in [0.25, 0.3) is 0 Å². The standard InChI is InChI=1S/C20H34N8O7/c21-6-2-1-3-14(20(34)35)27-18(32)13(4-5-16(23)30)26-19(33)15(9-29)28-17(31)12(22)7-11-8-24-10-25-11/h8,10,12-15,29H,1-7,9,21-22H2,(H2,23,30)(H,24,25)(H,26,33)(H,27,32)(H,28,31)(H,34,35). The van der Waals surface area contributed by atoms with Crippen LogP contribution in [0.2, 0.25) is 0 Å². The van der Waals surface area contributed by atoms with Crippen LogP contribution in [0.15, 0.2) is 12.5 Å². The molecule has 0 aliphatic heterocycles. The van der Waals surface area contributed by atoms with E-state index < -0.39 is 60.4 Å². The summed E-state index contributed by atoms with van der Waals surface area (Å²) in [6.45, 7) is -0.452. The van der Waals surface area contributed by atoms with Crippen LogP contribution in [0.4, 0.5) is 0 Å². The number of H-pyrrole nitrogens is 1. The van der Waals surface area contributed by atoms with Crippen molar-refractivity contribution in [2.45, 2.75) is 62.7 Å². The van der Waals surface area contributed by atoms with E-state index in [0.29, 0.717) is 25.1 Å². The van der Waals surface area contributed by atoms with E-state index in [4.69, 9.17) is 17.2 Å². The van der Waals surface area contributed by atoms with E-state index in [9.17, 15) is 34.2 Å². The van der Waals surface area contributed by atoms with Crippen LogP contribution in [0, 0.1) is 0 Å². The molecular formula is C20H34N8O7. The molecule has 0 aromatic carbocycles. The number of primary amides is 1. The maximum atomic E-state index is 12.7. The molecule has 35 heavy (non-hydrogen) atoms. The largest absolute Gasteiger partial charge is 0.480 e. The Morgan fingerprint density at radius 2 is 1.60 bits per heavy atom. The molecule has 0 spiro atoms. The normalized spacial score (nSPS) is 14.3. The lowest BCUT2D eigenvalue weighted by Crippen LogP contribution is -2.58. The summed E-state index contributed by atoms with van der Waals surface area (Å²) >= 11 is 0. The molecule has 4 amide bonds. The topological polar surface area (TPSA) is 269 Å². The molecule has 1 heterocycles. The maximum absolute atomic E-state index is 12.7. The Kier molecular flexibility index (Phi) is 12.9. The van der Waals surface area contributed by atoms with Gasteiger partial charge in [0.2, 0.25) is 23.6 Å². The van der Waals surface area contributed by atoms with Crippen molar-refractivity contribution in [1.82, 2.24) is 25.9 Å². The van der Waals surface area contributed by atoms with Crippen LogP contribution >= 0.6 is 0 Å². The summed E-state index contributed by atoms with van der Waals surface area (Å²) in [6.07, 6.45) is 3.59. The zero-order chi connectivity index (χ0) is 26.4. The van der Waals surface area contributed by atoms with E-state index in [-0.39, 0.29) is 25.7 Å². The van der Waals surface area contributed by atoms with Crippen LogP contribution in [0.3, 0.4) is 0 Å². The second-order valence-electron chi connectivity index (χ2n) is 7.88. The molecule has 1 aromatic heterocycles. The van der Waals surface area contributed by atoms with Gasteiger partial charge < -0.3 is 48.3 Å². The Labute approximate surface area is 201 Å². The number of amides is 4. The van der Waals surface area contributed by atoms with Gasteiger partial charge in [-0.1, -0.05) is 0 Å². The fourth-order valence-electron chi connectivity index (χ4n) is 3.05. The molecular weight excluding hydrogens is 464 g/mol. The highest BCUT2D eigenvalue weighted by molar-refractivity contribution is 5.94. The van der Waals surface area contributed by atoms with Crippen molar-refractivity contribution in [3.8, 4) is 0 Å². The van der Waals surface area contributed by atoms with Crippen LogP contribution in [-0.4, -0.2) is 87.1 Å². The number of hydrogen-bond acceptors (Lipinski definition) is 9. The summed E-state index contributed by atoms with van der Waals surface area (Å²) in [5.41, 5.74) is 16.9. The number of aliphatic hydroxyl groups is 1. The van der Waals surface area contributed by atoms with E-state index in [1.165, 1.54) is 12.5 Å². The summed E-state index contributed by atoms with van der Waals surface area (Å²) in [6, 6.07) is -5.11. The number of aromatic amines is 1. The predicted molar refractivity (Wildman–Crippen MR) is 122 cm³/mol. The monoisotopic (exact) mass is 498 g/mol. The number of aliphatic carboxylic acids is 1. The number of carboxylic acids is 1. The van der Waals surface area contributed by atoms with Gasteiger partial charge in [-0.25, -0.2) is 9.78 Å². The van der Waals surface area contributed by atoms with E-state index in [1.807, 2.05) is 0 Å². The van der Waals surface area contributed by atoms with Crippen molar-refractivity contribution in [2.24, 2.45) is 17.2 Å². The predicted octanol–water partition coefficient (Wildman–Crippen LogP) is -3.79. The molecule has 4 unspecified atom stereocenters. The first-order chi connectivity index (χ1) is 16.6. The zero-order valence-electron chi connectivity index (χ0n) is 19.2. The quantitative estimate of drug-likeness (QED) is 0.0945. The molecule has 0 aliphatic rings. The third-order valence-electron chi connectivity index (χ3n) is 5.02. The molecule has 0 fully saturated rings. The minimum atomic E-state index is -1.46. The lowest BCUT2D eigenvalue weighted by Gasteiger charge is -2.24. The van der Waals surface area contributed by atoms with E-state index in [2.05, 4.69) is 25.9 Å². The second-order valence-corrected chi connectivity index (χ2v) is 7.88. The Balaban J connectivity index is 2.82. The van der Waals surface area contributed by atoms with Crippen LogP contribution in [-0.2, 0) is 30.4 Å². The number of unbranched alkanes of at least 4 members (excludes halogenated alkanes) is 1. The van der Waals surface area contributed by atoms with Crippen LogP contribution in [0.25, 0.3) is 0 Å². The third kappa shape index (κ3) is 10.9. The van der Waals surface area contributed by atoms with Gasteiger partial charge in [-0.15, -0.1) is 0 Å². The molecule has 15 nitrogen and oxygen atoms in total. The molecule has 0 saturated carbocycles. The number of hydrogen-bond donors (Lipinski definition) is 9. The minimum Gasteiger partial charge on any atom is -0.480 e. The minimum absolute atomic E-state index is 0.0932. The van der Waals surface area contributed by atoms with Gasteiger partial charge in [-0.3, -0.25) is 19.2 Å². The van der Waals surface area contributed by atoms with Gasteiger partial charge in [-0.05, 0) is 32.2 Å². The van der Waals surface area contributed by atoms with Crippen molar-refractivity contribution >= 4 is 29.6 Å². The van der Waals surface area contributed by atoms with Crippen molar-refractivity contribution in [3.05, 3.63) is 18.2 Å². The Hall–Kier alpha value is -3.56. The fourth-order valence-corrected chi connectivity index (χ4v) is 3.05. The maximum Gasteiger partial charge on any atom is 0.326 e. The van der Waals surface area contributed by atoms with Crippen molar-refractivity contribution < 1.29 is 34.2 Å². The highest BCUT2D eigenvalue weighted by Gasteiger charge is 2.30. The summed E-state index contributed by atoms with van der Waals surface area (Å²) < 4.78 is 0. The third-order valence-corrected chi connectivity index (χ3v) is 5.02. The van der Waals surface area contributed by atoms with Gasteiger partial charge >= 0.3 is 5.97 Å². The lowest BCUT2D eigenvalue weighted by molar-refractivity contribution is -0.142.